The second-order valence-corrected chi connectivity index (χ2v) is 9.31. The van der Waals surface area contributed by atoms with E-state index in [1.165, 1.54) is 23.1 Å². The molecule has 0 atom stereocenters. The van der Waals surface area contributed by atoms with Crippen LogP contribution in [0.25, 0.3) is 10.8 Å². The Bertz CT molecular complexity index is 1270. The fraction of sp³-hybridized carbons (Fsp3) is 0.160. The van der Waals surface area contributed by atoms with E-state index in [9.17, 15) is 9.59 Å². The van der Waals surface area contributed by atoms with Crippen molar-refractivity contribution in [3.63, 3.8) is 0 Å². The van der Waals surface area contributed by atoms with Gasteiger partial charge >= 0.3 is 0 Å². The number of hydrogen-bond donors (Lipinski definition) is 2. The van der Waals surface area contributed by atoms with Gasteiger partial charge in [0.25, 0.3) is 0 Å². The quantitative estimate of drug-likeness (QED) is 0.335. The molecule has 1 heterocycles. The molecule has 8 heteroatoms. The summed E-state index contributed by atoms with van der Waals surface area (Å²) in [6.07, 6.45) is 0.189. The van der Waals surface area contributed by atoms with Gasteiger partial charge in [-0.15, -0.1) is 11.3 Å². The van der Waals surface area contributed by atoms with Gasteiger partial charge in [-0.2, -0.15) is 0 Å². The molecule has 2 N–H and O–H groups in total. The standard InChI is InChI=1S/C25H23N3O3S2/c1-31-22-12-5-3-8-18(22)14-26-23(29)13-19-15-32-25(27-19)33-16-24(30)28-21-11-6-9-17-7-2-4-10-20(17)21/h2-12,15H,13-14,16H2,1H3,(H,26,29)(H,28,30). The fourth-order valence-electron chi connectivity index (χ4n) is 3.35. The average Bonchev–Trinajstić information content (AvgIpc) is 3.29. The topological polar surface area (TPSA) is 80.3 Å². The van der Waals surface area contributed by atoms with Gasteiger partial charge in [0.2, 0.25) is 11.8 Å². The van der Waals surface area contributed by atoms with E-state index in [1.54, 1.807) is 7.11 Å². The van der Waals surface area contributed by atoms with Crippen LogP contribution in [0.2, 0.25) is 0 Å². The Morgan fingerprint density at radius 3 is 2.67 bits per heavy atom. The maximum Gasteiger partial charge on any atom is 0.234 e. The molecular formula is C25H23N3O3S2. The average molecular weight is 478 g/mol. The van der Waals surface area contributed by atoms with Gasteiger partial charge in [-0.1, -0.05) is 66.4 Å². The van der Waals surface area contributed by atoms with Crippen molar-refractivity contribution in [2.75, 3.05) is 18.2 Å². The van der Waals surface area contributed by atoms with Crippen LogP contribution in [0, 0.1) is 0 Å². The number of hydrogen-bond acceptors (Lipinski definition) is 6. The van der Waals surface area contributed by atoms with Gasteiger partial charge in [-0.25, -0.2) is 4.98 Å². The minimum absolute atomic E-state index is 0.0948. The summed E-state index contributed by atoms with van der Waals surface area (Å²) in [5.74, 6) is 0.780. The zero-order valence-electron chi connectivity index (χ0n) is 18.0. The second kappa shape index (κ2) is 11.0. The number of aromatic nitrogens is 1. The Morgan fingerprint density at radius 2 is 1.79 bits per heavy atom. The van der Waals surface area contributed by atoms with Crippen molar-refractivity contribution in [1.29, 1.82) is 0 Å². The highest BCUT2D eigenvalue weighted by atomic mass is 32.2. The number of methoxy groups -OCH3 is 1. The van der Waals surface area contributed by atoms with Gasteiger partial charge < -0.3 is 15.4 Å². The monoisotopic (exact) mass is 477 g/mol. The first-order chi connectivity index (χ1) is 16.1. The molecule has 0 aliphatic rings. The van der Waals surface area contributed by atoms with Crippen molar-refractivity contribution < 1.29 is 14.3 Å². The number of thiazole rings is 1. The summed E-state index contributed by atoms with van der Waals surface area (Å²) in [4.78, 5) is 29.3. The van der Waals surface area contributed by atoms with Crippen LogP contribution in [0.4, 0.5) is 5.69 Å². The smallest absolute Gasteiger partial charge is 0.234 e. The van der Waals surface area contributed by atoms with Gasteiger partial charge in [0.15, 0.2) is 4.34 Å². The van der Waals surface area contributed by atoms with Crippen LogP contribution >= 0.6 is 23.1 Å². The predicted molar refractivity (Wildman–Crippen MR) is 134 cm³/mol. The van der Waals surface area contributed by atoms with E-state index < -0.39 is 0 Å². The van der Waals surface area contributed by atoms with Crippen LogP contribution in [-0.2, 0) is 22.6 Å². The minimum Gasteiger partial charge on any atom is -0.496 e. The first-order valence-corrected chi connectivity index (χ1v) is 12.2. The lowest BCUT2D eigenvalue weighted by atomic mass is 10.1. The van der Waals surface area contributed by atoms with E-state index >= 15 is 0 Å². The normalized spacial score (nSPS) is 10.7. The van der Waals surface area contributed by atoms with Crippen LogP contribution in [0.15, 0.2) is 76.4 Å². The number of carbonyl (C=O) groups excluding carboxylic acids is 2. The van der Waals surface area contributed by atoms with Crippen molar-refractivity contribution in [3.05, 3.63) is 83.4 Å². The van der Waals surface area contributed by atoms with Crippen LogP contribution in [0.5, 0.6) is 5.75 Å². The summed E-state index contributed by atoms with van der Waals surface area (Å²) >= 11 is 2.80. The second-order valence-electron chi connectivity index (χ2n) is 7.23. The van der Waals surface area contributed by atoms with Gasteiger partial charge in [0.05, 0.1) is 25.0 Å². The number of thioether (sulfide) groups is 1. The van der Waals surface area contributed by atoms with E-state index in [-0.39, 0.29) is 24.0 Å². The highest BCUT2D eigenvalue weighted by molar-refractivity contribution is 8.01. The van der Waals surface area contributed by atoms with Crippen molar-refractivity contribution in [2.24, 2.45) is 0 Å². The van der Waals surface area contributed by atoms with E-state index in [4.69, 9.17) is 4.74 Å². The third-order valence-corrected chi connectivity index (χ3v) is 7.00. The Kier molecular flexibility index (Phi) is 7.59. The number of fused-ring (bicyclic) bond motifs is 1. The molecule has 33 heavy (non-hydrogen) atoms. The molecule has 0 bridgehead atoms. The molecule has 6 nitrogen and oxygen atoms in total. The van der Waals surface area contributed by atoms with E-state index in [2.05, 4.69) is 15.6 Å². The van der Waals surface area contributed by atoms with E-state index in [1.807, 2.05) is 72.1 Å². The molecular weight excluding hydrogens is 454 g/mol. The molecule has 4 aromatic rings. The zero-order chi connectivity index (χ0) is 23.0. The first kappa shape index (κ1) is 22.8. The highest BCUT2D eigenvalue weighted by Crippen LogP contribution is 2.25. The van der Waals surface area contributed by atoms with Crippen molar-refractivity contribution in [2.45, 2.75) is 17.3 Å². The molecule has 168 valence electrons. The molecule has 3 aromatic carbocycles. The molecule has 0 saturated heterocycles. The molecule has 0 aliphatic carbocycles. The van der Waals surface area contributed by atoms with E-state index in [0.29, 0.717) is 12.2 Å². The molecule has 2 amide bonds. The third-order valence-electron chi connectivity index (χ3n) is 4.93. The lowest BCUT2D eigenvalue weighted by Gasteiger charge is -2.09. The molecule has 1 aromatic heterocycles. The summed E-state index contributed by atoms with van der Waals surface area (Å²) < 4.78 is 6.07. The maximum atomic E-state index is 12.5. The molecule has 0 unspecified atom stereocenters. The maximum absolute atomic E-state index is 12.5. The number of anilines is 1. The summed E-state index contributed by atoms with van der Waals surface area (Å²) in [5, 5.41) is 9.82. The van der Waals surface area contributed by atoms with Crippen LogP contribution in [-0.4, -0.2) is 29.7 Å². The van der Waals surface area contributed by atoms with Crippen molar-refractivity contribution >= 4 is 51.4 Å². The fourth-order valence-corrected chi connectivity index (χ4v) is 5.00. The first-order valence-electron chi connectivity index (χ1n) is 10.4. The van der Waals surface area contributed by atoms with Gasteiger partial charge in [-0.05, 0) is 17.5 Å². The zero-order valence-corrected chi connectivity index (χ0v) is 19.7. The Hall–Kier alpha value is -3.36. The lowest BCUT2D eigenvalue weighted by molar-refractivity contribution is -0.120. The molecule has 4 rings (SSSR count). The van der Waals surface area contributed by atoms with Crippen LogP contribution < -0.4 is 15.4 Å². The number of benzene rings is 3. The molecule has 0 spiro atoms. The van der Waals surface area contributed by atoms with Gasteiger partial charge in [-0.3, -0.25) is 9.59 Å². The number of amides is 2. The molecule has 0 radical (unpaired) electrons. The predicted octanol–water partition coefficient (Wildman–Crippen LogP) is 4.89. The molecule has 0 saturated carbocycles. The number of nitrogens with zero attached hydrogens (tertiary/aromatic N) is 1. The summed E-state index contributed by atoms with van der Waals surface area (Å²) in [7, 11) is 1.61. The number of carbonyl (C=O) groups is 2. The Morgan fingerprint density at radius 1 is 1.00 bits per heavy atom. The van der Waals surface area contributed by atoms with Gasteiger partial charge in [0.1, 0.15) is 5.75 Å². The van der Waals surface area contributed by atoms with Gasteiger partial charge in [0, 0.05) is 28.6 Å². The number of ether oxygens (including phenoxy) is 1. The summed E-state index contributed by atoms with van der Waals surface area (Å²) in [6, 6.07) is 21.4. The highest BCUT2D eigenvalue weighted by Gasteiger charge is 2.12. The van der Waals surface area contributed by atoms with Crippen LogP contribution in [0.1, 0.15) is 11.3 Å². The molecule has 0 aliphatic heterocycles. The minimum atomic E-state index is -0.114. The third kappa shape index (κ3) is 6.12. The largest absolute Gasteiger partial charge is 0.496 e. The van der Waals surface area contributed by atoms with Crippen LogP contribution in [0.3, 0.4) is 0 Å². The summed E-state index contributed by atoms with van der Waals surface area (Å²) in [6.45, 7) is 0.392. The Balaban J connectivity index is 1.26. The lowest BCUT2D eigenvalue weighted by Crippen LogP contribution is -2.24. The van der Waals surface area contributed by atoms with Crippen molar-refractivity contribution in [3.8, 4) is 5.75 Å². The van der Waals surface area contributed by atoms with E-state index in [0.717, 1.165) is 32.1 Å². The van der Waals surface area contributed by atoms with Crippen molar-refractivity contribution in [1.82, 2.24) is 10.3 Å². The summed E-state index contributed by atoms with van der Waals surface area (Å²) in [5.41, 5.74) is 2.40. The number of para-hydroxylation sites is 1. The number of rotatable bonds is 9. The Labute approximate surface area is 200 Å². The number of nitrogens with one attached hydrogen (secondary N) is 2. The molecule has 0 fully saturated rings. The SMILES string of the molecule is COc1ccccc1CNC(=O)Cc1csc(SCC(=O)Nc2cccc3ccccc23)n1.